The lowest BCUT2D eigenvalue weighted by molar-refractivity contribution is 0.136. The van der Waals surface area contributed by atoms with Crippen molar-refractivity contribution in [1.29, 1.82) is 0 Å². The number of hydrogen-bond acceptors (Lipinski definition) is 3. The van der Waals surface area contributed by atoms with Gasteiger partial charge in [0, 0.05) is 32.7 Å². The molecular weight excluding hydrogens is 248 g/mol. The number of nitrogens with zero attached hydrogens (tertiary/aromatic N) is 2. The Kier molecular flexibility index (Phi) is 8.31. The number of ether oxygens (including phenoxy) is 1. The summed E-state index contributed by atoms with van der Waals surface area (Å²) < 4.78 is 5.78. The van der Waals surface area contributed by atoms with Crippen molar-refractivity contribution in [2.75, 3.05) is 46.4 Å². The van der Waals surface area contributed by atoms with E-state index in [1.54, 1.807) is 6.08 Å². The summed E-state index contributed by atoms with van der Waals surface area (Å²) in [5.41, 5.74) is 1.35. The van der Waals surface area contributed by atoms with Crippen LogP contribution in [0.1, 0.15) is 26.7 Å². The smallest absolute Gasteiger partial charge is 0.115 e. The molecule has 1 heterocycles. The van der Waals surface area contributed by atoms with E-state index in [1.807, 2.05) is 0 Å². The lowest BCUT2D eigenvalue weighted by atomic mass is 10.2. The molecule has 0 aromatic heterocycles. The van der Waals surface area contributed by atoms with Crippen molar-refractivity contribution in [1.82, 2.24) is 9.80 Å². The highest BCUT2D eigenvalue weighted by molar-refractivity contribution is 5.13. The Morgan fingerprint density at radius 1 is 1.25 bits per heavy atom. The standard InChI is InChI=1S/C17H30N2O/c1-5-16(3)8-9-17(6-2)20-15-7-10-19-13-11-18(4)12-14-19/h5-6,9H,2,7-8,10-15H2,1,3-4H3/b16-5-,17-9+. The summed E-state index contributed by atoms with van der Waals surface area (Å²) in [7, 11) is 2.19. The van der Waals surface area contributed by atoms with E-state index in [1.165, 1.54) is 31.8 Å². The van der Waals surface area contributed by atoms with E-state index in [-0.39, 0.29) is 0 Å². The summed E-state index contributed by atoms with van der Waals surface area (Å²) in [4.78, 5) is 4.90. The minimum Gasteiger partial charge on any atom is -0.494 e. The number of rotatable bonds is 8. The van der Waals surface area contributed by atoms with Gasteiger partial charge in [-0.25, -0.2) is 0 Å². The molecule has 1 fully saturated rings. The lowest BCUT2D eigenvalue weighted by Crippen LogP contribution is -2.44. The van der Waals surface area contributed by atoms with Gasteiger partial charge in [0.2, 0.25) is 0 Å². The normalized spacial score (nSPS) is 19.1. The van der Waals surface area contributed by atoms with Gasteiger partial charge in [0.05, 0.1) is 6.61 Å². The molecule has 1 rings (SSSR count). The molecule has 0 unspecified atom stereocenters. The van der Waals surface area contributed by atoms with Crippen molar-refractivity contribution >= 4 is 0 Å². The van der Waals surface area contributed by atoms with Crippen LogP contribution in [0.25, 0.3) is 0 Å². The minimum absolute atomic E-state index is 0.777. The second kappa shape index (κ2) is 9.78. The third-order valence-corrected chi connectivity index (χ3v) is 3.80. The molecule has 0 amide bonds. The molecule has 3 nitrogen and oxygen atoms in total. The van der Waals surface area contributed by atoms with Crippen molar-refractivity contribution in [3.63, 3.8) is 0 Å². The second-order valence-corrected chi connectivity index (χ2v) is 5.50. The fourth-order valence-electron chi connectivity index (χ4n) is 2.13. The fraction of sp³-hybridized carbons (Fsp3) is 0.647. The molecule has 1 saturated heterocycles. The van der Waals surface area contributed by atoms with Crippen LogP contribution >= 0.6 is 0 Å². The van der Waals surface area contributed by atoms with Gasteiger partial charge in [0.1, 0.15) is 5.76 Å². The van der Waals surface area contributed by atoms with Crippen LogP contribution in [0.5, 0.6) is 0 Å². The summed E-state index contributed by atoms with van der Waals surface area (Å²) in [5.74, 6) is 0.907. The maximum atomic E-state index is 5.78. The first-order chi connectivity index (χ1) is 9.65. The zero-order valence-electron chi connectivity index (χ0n) is 13.4. The first-order valence-corrected chi connectivity index (χ1v) is 7.63. The zero-order chi connectivity index (χ0) is 14.8. The van der Waals surface area contributed by atoms with E-state index in [9.17, 15) is 0 Å². The molecule has 0 aliphatic carbocycles. The number of hydrogen-bond donors (Lipinski definition) is 0. The molecule has 20 heavy (non-hydrogen) atoms. The Bertz CT molecular complexity index is 339. The first-order valence-electron chi connectivity index (χ1n) is 7.63. The third kappa shape index (κ3) is 6.92. The molecule has 0 aromatic carbocycles. The molecule has 0 N–H and O–H groups in total. The van der Waals surface area contributed by atoms with Crippen LogP contribution in [0.4, 0.5) is 0 Å². The highest BCUT2D eigenvalue weighted by atomic mass is 16.5. The molecular formula is C17H30N2O. The summed E-state index contributed by atoms with van der Waals surface area (Å²) in [6.45, 7) is 14.6. The quantitative estimate of drug-likeness (QED) is 0.294. The van der Waals surface area contributed by atoms with E-state index in [0.29, 0.717) is 0 Å². The fourth-order valence-corrected chi connectivity index (χ4v) is 2.13. The van der Waals surface area contributed by atoms with Gasteiger partial charge < -0.3 is 14.5 Å². The van der Waals surface area contributed by atoms with Gasteiger partial charge in [-0.2, -0.15) is 0 Å². The molecule has 3 heteroatoms. The average molecular weight is 278 g/mol. The predicted octanol–water partition coefficient (Wildman–Crippen LogP) is 3.07. The zero-order valence-corrected chi connectivity index (χ0v) is 13.4. The molecule has 0 bridgehead atoms. The predicted molar refractivity (Wildman–Crippen MR) is 86.8 cm³/mol. The highest BCUT2D eigenvalue weighted by Crippen LogP contribution is 2.07. The van der Waals surface area contributed by atoms with Crippen molar-refractivity contribution < 1.29 is 4.74 Å². The maximum Gasteiger partial charge on any atom is 0.115 e. The average Bonchev–Trinajstić information content (AvgIpc) is 2.48. The molecule has 0 radical (unpaired) electrons. The molecule has 1 aliphatic rings. The Labute approximate surface area is 124 Å². The van der Waals surface area contributed by atoms with Crippen molar-refractivity contribution in [3.8, 4) is 0 Å². The number of allylic oxidation sites excluding steroid dienone is 4. The van der Waals surface area contributed by atoms with Crippen LogP contribution in [0.15, 0.2) is 36.1 Å². The van der Waals surface area contributed by atoms with Gasteiger partial charge >= 0.3 is 0 Å². The van der Waals surface area contributed by atoms with Crippen molar-refractivity contribution in [2.24, 2.45) is 0 Å². The van der Waals surface area contributed by atoms with Gasteiger partial charge in [-0.05, 0) is 45.9 Å². The van der Waals surface area contributed by atoms with Gasteiger partial charge in [0.15, 0.2) is 0 Å². The Morgan fingerprint density at radius 3 is 2.55 bits per heavy atom. The van der Waals surface area contributed by atoms with Crippen LogP contribution in [-0.2, 0) is 4.74 Å². The van der Waals surface area contributed by atoms with Gasteiger partial charge in [-0.15, -0.1) is 0 Å². The summed E-state index contributed by atoms with van der Waals surface area (Å²) >= 11 is 0. The van der Waals surface area contributed by atoms with E-state index in [0.717, 1.165) is 31.8 Å². The molecule has 0 aromatic rings. The second-order valence-electron chi connectivity index (χ2n) is 5.50. The van der Waals surface area contributed by atoms with Crippen LogP contribution in [0.2, 0.25) is 0 Å². The van der Waals surface area contributed by atoms with Crippen LogP contribution in [0.3, 0.4) is 0 Å². The molecule has 0 spiro atoms. The molecule has 1 aliphatic heterocycles. The largest absolute Gasteiger partial charge is 0.494 e. The van der Waals surface area contributed by atoms with Crippen molar-refractivity contribution in [2.45, 2.75) is 26.7 Å². The van der Waals surface area contributed by atoms with Crippen LogP contribution in [-0.4, -0.2) is 56.2 Å². The molecule has 114 valence electrons. The van der Waals surface area contributed by atoms with Crippen LogP contribution in [0, 0.1) is 0 Å². The van der Waals surface area contributed by atoms with E-state index in [4.69, 9.17) is 4.74 Å². The topological polar surface area (TPSA) is 15.7 Å². The Balaban J connectivity index is 2.17. The summed E-state index contributed by atoms with van der Waals surface area (Å²) in [6.07, 6.45) is 8.06. The van der Waals surface area contributed by atoms with E-state index in [2.05, 4.69) is 49.4 Å². The maximum absolute atomic E-state index is 5.78. The lowest BCUT2D eigenvalue weighted by Gasteiger charge is -2.32. The van der Waals surface area contributed by atoms with Gasteiger partial charge in [-0.3, -0.25) is 0 Å². The minimum atomic E-state index is 0.777. The number of likely N-dealkylation sites (N-methyl/N-ethyl adjacent to an activating group) is 1. The van der Waals surface area contributed by atoms with E-state index >= 15 is 0 Å². The van der Waals surface area contributed by atoms with Crippen LogP contribution < -0.4 is 0 Å². The number of piperazine rings is 1. The Hall–Kier alpha value is -1.06. The summed E-state index contributed by atoms with van der Waals surface area (Å²) in [6, 6.07) is 0. The summed E-state index contributed by atoms with van der Waals surface area (Å²) in [5, 5.41) is 0. The molecule has 0 atom stereocenters. The Morgan fingerprint density at radius 2 is 1.95 bits per heavy atom. The SMILES string of the molecule is C=C/C(=C\C/C(C)=C\C)OCCCN1CCN(C)CC1. The van der Waals surface area contributed by atoms with Gasteiger partial charge in [0.25, 0.3) is 0 Å². The molecule has 0 saturated carbocycles. The monoisotopic (exact) mass is 278 g/mol. The van der Waals surface area contributed by atoms with Gasteiger partial charge in [-0.1, -0.05) is 18.2 Å². The van der Waals surface area contributed by atoms with E-state index < -0.39 is 0 Å². The first kappa shape index (κ1) is 17.0. The highest BCUT2D eigenvalue weighted by Gasteiger charge is 2.12. The van der Waals surface area contributed by atoms with Crippen molar-refractivity contribution in [3.05, 3.63) is 36.1 Å². The third-order valence-electron chi connectivity index (χ3n) is 3.80.